The Bertz CT molecular complexity index is 715. The lowest BCUT2D eigenvalue weighted by molar-refractivity contribution is 0.0672. The van der Waals surface area contributed by atoms with Gasteiger partial charge < -0.3 is 20.5 Å². The summed E-state index contributed by atoms with van der Waals surface area (Å²) in [5, 5.41) is 17.3. The molecule has 0 amide bonds. The number of benzene rings is 2. The third-order valence-electron chi connectivity index (χ3n) is 4.24. The number of para-hydroxylation sites is 1. The topological polar surface area (TPSA) is 65.9 Å². The van der Waals surface area contributed by atoms with E-state index >= 15 is 0 Å². The van der Waals surface area contributed by atoms with Crippen LogP contribution in [0.25, 0.3) is 0 Å². The Kier molecular flexibility index (Phi) is 8.14. The lowest BCUT2D eigenvalue weighted by Gasteiger charge is -2.22. The number of nitrogens with one attached hydrogen (secondary N) is 2. The largest absolute Gasteiger partial charge is 0.494 e. The summed E-state index contributed by atoms with van der Waals surface area (Å²) in [6.45, 7) is 8.22. The molecule has 0 saturated heterocycles. The first kappa shape index (κ1) is 20.8. The third-order valence-corrected chi connectivity index (χ3v) is 4.24. The first-order chi connectivity index (χ1) is 13.1. The first-order valence-electron chi connectivity index (χ1n) is 9.57. The van der Waals surface area contributed by atoms with Gasteiger partial charge in [-0.3, -0.25) is 0 Å². The lowest BCUT2D eigenvalue weighted by Crippen LogP contribution is -2.39. The second-order valence-electron chi connectivity index (χ2n) is 6.55. The van der Waals surface area contributed by atoms with Gasteiger partial charge in [0.2, 0.25) is 0 Å². The molecule has 0 aliphatic heterocycles. The van der Waals surface area contributed by atoms with Gasteiger partial charge in [0.25, 0.3) is 0 Å². The van der Waals surface area contributed by atoms with Crippen molar-refractivity contribution in [1.82, 2.24) is 10.6 Å². The van der Waals surface area contributed by atoms with E-state index in [0.717, 1.165) is 30.8 Å². The van der Waals surface area contributed by atoms with Crippen LogP contribution in [0.2, 0.25) is 0 Å². The van der Waals surface area contributed by atoms with Gasteiger partial charge in [0.05, 0.1) is 13.2 Å². The predicted octanol–water partition coefficient (Wildman–Crippen LogP) is 3.09. The molecule has 0 aromatic heterocycles. The van der Waals surface area contributed by atoms with E-state index in [1.807, 2.05) is 62.4 Å². The fourth-order valence-corrected chi connectivity index (χ4v) is 2.79. The first-order valence-corrected chi connectivity index (χ1v) is 9.57. The molecule has 2 aromatic carbocycles. The molecule has 5 nitrogen and oxygen atoms in total. The fraction of sp³-hybridized carbons (Fsp3) is 0.409. The van der Waals surface area contributed by atoms with Crippen molar-refractivity contribution in [2.24, 2.45) is 4.99 Å². The summed E-state index contributed by atoms with van der Waals surface area (Å²) < 4.78 is 5.68. The van der Waals surface area contributed by atoms with E-state index in [-0.39, 0.29) is 6.54 Å². The Labute approximate surface area is 162 Å². The van der Waals surface area contributed by atoms with Crippen molar-refractivity contribution in [2.45, 2.75) is 32.8 Å². The molecule has 0 fully saturated rings. The second kappa shape index (κ2) is 10.6. The highest BCUT2D eigenvalue weighted by atomic mass is 16.5. The zero-order valence-corrected chi connectivity index (χ0v) is 16.5. The van der Waals surface area contributed by atoms with Crippen molar-refractivity contribution < 1.29 is 9.84 Å². The molecule has 2 rings (SSSR count). The van der Waals surface area contributed by atoms with Gasteiger partial charge in [-0.05, 0) is 44.4 Å². The van der Waals surface area contributed by atoms with Gasteiger partial charge in [-0.15, -0.1) is 0 Å². The van der Waals surface area contributed by atoms with E-state index in [4.69, 9.17) is 4.74 Å². The molecule has 0 saturated carbocycles. The van der Waals surface area contributed by atoms with E-state index in [1.54, 1.807) is 6.92 Å². The van der Waals surface area contributed by atoms with Crippen molar-refractivity contribution in [1.29, 1.82) is 0 Å². The number of rotatable bonds is 9. The number of aliphatic imine (C=N–C) groups is 1. The highest BCUT2D eigenvalue weighted by molar-refractivity contribution is 5.79. The summed E-state index contributed by atoms with van der Waals surface area (Å²) in [5.74, 6) is 1.62. The van der Waals surface area contributed by atoms with Crippen molar-refractivity contribution in [3.8, 4) is 5.75 Å². The maximum absolute atomic E-state index is 10.7. The summed E-state index contributed by atoms with van der Waals surface area (Å²) in [5.41, 5.74) is 1.01. The zero-order chi connectivity index (χ0) is 19.5. The number of hydrogen-bond acceptors (Lipinski definition) is 3. The van der Waals surface area contributed by atoms with Crippen LogP contribution in [0, 0.1) is 0 Å². The van der Waals surface area contributed by atoms with Crippen LogP contribution < -0.4 is 15.4 Å². The van der Waals surface area contributed by atoms with E-state index < -0.39 is 5.60 Å². The molecule has 5 heteroatoms. The number of aliphatic hydroxyl groups is 1. The Balaban J connectivity index is 1.96. The summed E-state index contributed by atoms with van der Waals surface area (Å²) in [6, 6.07) is 17.7. The quantitative estimate of drug-likeness (QED) is 0.469. The Morgan fingerprint density at radius 2 is 1.74 bits per heavy atom. The standard InChI is InChI=1S/C22H31N3O2/c1-4-23-21(25-17-22(3,26)19-12-7-6-8-13-19)24-16-15-18-11-9-10-14-20(18)27-5-2/h6-14,26H,4-5,15-17H2,1-3H3,(H2,23,24,25). The van der Waals surface area contributed by atoms with Crippen molar-refractivity contribution in [3.63, 3.8) is 0 Å². The molecule has 27 heavy (non-hydrogen) atoms. The van der Waals surface area contributed by atoms with Gasteiger partial charge in [0.1, 0.15) is 11.4 Å². The summed E-state index contributed by atoms with van der Waals surface area (Å²) in [7, 11) is 0. The maximum atomic E-state index is 10.7. The molecule has 3 N–H and O–H groups in total. The second-order valence-corrected chi connectivity index (χ2v) is 6.55. The number of hydrogen-bond donors (Lipinski definition) is 3. The average molecular weight is 370 g/mol. The minimum absolute atomic E-state index is 0.280. The zero-order valence-electron chi connectivity index (χ0n) is 16.5. The molecule has 146 valence electrons. The predicted molar refractivity (Wildman–Crippen MR) is 111 cm³/mol. The monoisotopic (exact) mass is 369 g/mol. The molecule has 1 unspecified atom stereocenters. The number of guanidine groups is 1. The van der Waals surface area contributed by atoms with Gasteiger partial charge in [-0.2, -0.15) is 0 Å². The van der Waals surface area contributed by atoms with Gasteiger partial charge in [-0.1, -0.05) is 48.5 Å². The van der Waals surface area contributed by atoms with Crippen LogP contribution in [0.3, 0.4) is 0 Å². The van der Waals surface area contributed by atoms with Crippen LogP contribution >= 0.6 is 0 Å². The molecule has 1 atom stereocenters. The van der Waals surface area contributed by atoms with Crippen molar-refractivity contribution in [3.05, 3.63) is 65.7 Å². The Morgan fingerprint density at radius 1 is 1.04 bits per heavy atom. The molecule has 0 aliphatic rings. The van der Waals surface area contributed by atoms with Crippen LogP contribution in [0.4, 0.5) is 0 Å². The van der Waals surface area contributed by atoms with Crippen molar-refractivity contribution >= 4 is 5.96 Å². The van der Waals surface area contributed by atoms with Crippen LogP contribution in [-0.2, 0) is 12.0 Å². The summed E-state index contributed by atoms with van der Waals surface area (Å²) in [4.78, 5) is 4.56. The third kappa shape index (κ3) is 6.61. The highest BCUT2D eigenvalue weighted by Gasteiger charge is 2.22. The SMILES string of the molecule is CCNC(=NCC(C)(O)c1ccccc1)NCCc1ccccc1OCC. The molecule has 2 aromatic rings. The smallest absolute Gasteiger partial charge is 0.191 e. The summed E-state index contributed by atoms with van der Waals surface area (Å²) >= 11 is 0. The maximum Gasteiger partial charge on any atom is 0.191 e. The average Bonchev–Trinajstić information content (AvgIpc) is 2.68. The van der Waals surface area contributed by atoms with E-state index in [0.29, 0.717) is 12.6 Å². The number of nitrogens with zero attached hydrogens (tertiary/aromatic N) is 1. The van der Waals surface area contributed by atoms with E-state index in [9.17, 15) is 5.11 Å². The summed E-state index contributed by atoms with van der Waals surface area (Å²) in [6.07, 6.45) is 0.829. The van der Waals surface area contributed by atoms with Gasteiger partial charge in [0, 0.05) is 13.1 Å². The highest BCUT2D eigenvalue weighted by Crippen LogP contribution is 2.20. The molecule has 0 aliphatic carbocycles. The molecule has 0 radical (unpaired) electrons. The lowest BCUT2D eigenvalue weighted by atomic mass is 9.96. The molecular weight excluding hydrogens is 338 g/mol. The van der Waals surface area contributed by atoms with Gasteiger partial charge >= 0.3 is 0 Å². The normalized spacial score (nSPS) is 13.7. The van der Waals surface area contributed by atoms with Crippen LogP contribution in [-0.4, -0.2) is 37.3 Å². The minimum Gasteiger partial charge on any atom is -0.494 e. The van der Waals surface area contributed by atoms with Crippen molar-refractivity contribution in [2.75, 3.05) is 26.2 Å². The number of ether oxygens (including phenoxy) is 1. The van der Waals surface area contributed by atoms with Crippen LogP contribution in [0.15, 0.2) is 59.6 Å². The Hall–Kier alpha value is -2.53. The minimum atomic E-state index is -1.01. The van der Waals surface area contributed by atoms with E-state index in [2.05, 4.69) is 21.7 Å². The van der Waals surface area contributed by atoms with E-state index in [1.165, 1.54) is 5.56 Å². The van der Waals surface area contributed by atoms with Crippen LogP contribution in [0.5, 0.6) is 5.75 Å². The molecule has 0 bridgehead atoms. The fourth-order valence-electron chi connectivity index (χ4n) is 2.79. The molecular formula is C22H31N3O2. The van der Waals surface area contributed by atoms with Gasteiger partial charge in [0.15, 0.2) is 5.96 Å². The molecule has 0 heterocycles. The Morgan fingerprint density at radius 3 is 2.44 bits per heavy atom. The van der Waals surface area contributed by atoms with Gasteiger partial charge in [-0.25, -0.2) is 4.99 Å². The van der Waals surface area contributed by atoms with Crippen LogP contribution in [0.1, 0.15) is 31.9 Å². The molecule has 0 spiro atoms.